The molecule has 20 heavy (non-hydrogen) atoms. The average Bonchev–Trinajstić information content (AvgIpc) is 2.78. The van der Waals surface area contributed by atoms with Crippen LogP contribution in [0.1, 0.15) is 23.9 Å². The highest BCUT2D eigenvalue weighted by Crippen LogP contribution is 2.19. The molecule has 1 heterocycles. The molecule has 1 atom stereocenters. The fraction of sp³-hybridized carbons (Fsp3) is 0.438. The van der Waals surface area contributed by atoms with Crippen LogP contribution >= 0.6 is 27.5 Å². The topological polar surface area (TPSA) is 17.8 Å². The molecule has 1 aromatic heterocycles. The van der Waals surface area contributed by atoms with E-state index in [0.29, 0.717) is 11.8 Å². The summed E-state index contributed by atoms with van der Waals surface area (Å²) in [5, 5.41) is 4.50. The van der Waals surface area contributed by atoms with Crippen LogP contribution in [-0.2, 0) is 19.4 Å². The molecule has 0 aliphatic rings. The van der Waals surface area contributed by atoms with E-state index in [1.807, 2.05) is 6.92 Å². The third-order valence-corrected chi connectivity index (χ3v) is 4.34. The van der Waals surface area contributed by atoms with E-state index in [1.165, 1.54) is 11.3 Å². The summed E-state index contributed by atoms with van der Waals surface area (Å²) in [4.78, 5) is 0. The zero-order chi connectivity index (χ0) is 14.5. The van der Waals surface area contributed by atoms with Crippen molar-refractivity contribution < 1.29 is 0 Å². The number of alkyl halides is 1. The zero-order valence-corrected chi connectivity index (χ0v) is 14.3. The summed E-state index contributed by atoms with van der Waals surface area (Å²) in [5.41, 5.74) is 3.69. The Kier molecular flexibility index (Phi) is 5.67. The van der Waals surface area contributed by atoms with Crippen LogP contribution in [0.4, 0.5) is 0 Å². The van der Waals surface area contributed by atoms with Crippen molar-refractivity contribution >= 4 is 27.5 Å². The maximum Gasteiger partial charge on any atom is 0.0596 e. The number of hydrogen-bond donors (Lipinski definition) is 0. The highest BCUT2D eigenvalue weighted by Gasteiger charge is 2.13. The van der Waals surface area contributed by atoms with Gasteiger partial charge in [-0.1, -0.05) is 28.1 Å². The van der Waals surface area contributed by atoms with Gasteiger partial charge in [-0.15, -0.1) is 11.6 Å². The maximum absolute atomic E-state index is 6.17. The molecule has 2 rings (SSSR count). The summed E-state index contributed by atoms with van der Waals surface area (Å²) in [7, 11) is 0. The Bertz CT molecular complexity index is 565. The van der Waals surface area contributed by atoms with E-state index in [1.54, 1.807) is 0 Å². The first-order chi connectivity index (χ1) is 9.62. The van der Waals surface area contributed by atoms with Gasteiger partial charge in [-0.25, -0.2) is 0 Å². The molecular weight excluding hydrogens is 336 g/mol. The Hall–Kier alpha value is -0.800. The van der Waals surface area contributed by atoms with E-state index < -0.39 is 0 Å². The first-order valence-electron chi connectivity index (χ1n) is 6.96. The van der Waals surface area contributed by atoms with Gasteiger partial charge >= 0.3 is 0 Å². The first-order valence-corrected chi connectivity index (χ1v) is 8.28. The van der Waals surface area contributed by atoms with Crippen LogP contribution in [0.3, 0.4) is 0 Å². The average molecular weight is 356 g/mol. The lowest BCUT2D eigenvalue weighted by Gasteiger charge is -2.15. The molecule has 0 radical (unpaired) electrons. The lowest BCUT2D eigenvalue weighted by atomic mass is 9.96. The Morgan fingerprint density at radius 3 is 2.75 bits per heavy atom. The number of halogens is 2. The van der Waals surface area contributed by atoms with Crippen LogP contribution in [-0.4, -0.2) is 15.7 Å². The summed E-state index contributed by atoms with van der Waals surface area (Å²) in [5.74, 6) is 1.10. The van der Waals surface area contributed by atoms with Gasteiger partial charge in [0.25, 0.3) is 0 Å². The molecule has 0 saturated heterocycles. The number of rotatable bonds is 6. The monoisotopic (exact) mass is 354 g/mol. The van der Waals surface area contributed by atoms with Crippen LogP contribution in [0.5, 0.6) is 0 Å². The Balaban J connectivity index is 2.08. The van der Waals surface area contributed by atoms with Gasteiger partial charge < -0.3 is 0 Å². The summed E-state index contributed by atoms with van der Waals surface area (Å²) < 4.78 is 3.20. The molecule has 0 fully saturated rings. The van der Waals surface area contributed by atoms with E-state index in [9.17, 15) is 0 Å². The fourth-order valence-corrected chi connectivity index (χ4v) is 3.18. The summed E-state index contributed by atoms with van der Waals surface area (Å²) in [6, 6.07) is 10.6. The Morgan fingerprint density at radius 1 is 1.30 bits per heavy atom. The minimum absolute atomic E-state index is 0.437. The van der Waals surface area contributed by atoms with E-state index in [-0.39, 0.29) is 0 Å². The molecule has 1 aromatic carbocycles. The number of aryl methyl sites for hydroxylation is 2. The van der Waals surface area contributed by atoms with Crippen molar-refractivity contribution in [3.05, 3.63) is 51.8 Å². The Labute approximate surface area is 134 Å². The molecule has 0 saturated carbocycles. The molecule has 0 N–H and O–H groups in total. The molecule has 4 heteroatoms. The van der Waals surface area contributed by atoms with Gasteiger partial charge in [0.1, 0.15) is 0 Å². The predicted octanol–water partition coefficient (Wildman–Crippen LogP) is 4.61. The Morgan fingerprint density at radius 2 is 2.10 bits per heavy atom. The normalized spacial score (nSPS) is 12.6. The molecule has 108 valence electrons. The van der Waals surface area contributed by atoms with Crippen molar-refractivity contribution in [1.29, 1.82) is 0 Å². The van der Waals surface area contributed by atoms with Crippen molar-refractivity contribution in [2.24, 2.45) is 5.92 Å². The minimum atomic E-state index is 0.437. The van der Waals surface area contributed by atoms with E-state index in [4.69, 9.17) is 11.6 Å². The van der Waals surface area contributed by atoms with Gasteiger partial charge in [0.15, 0.2) is 0 Å². The summed E-state index contributed by atoms with van der Waals surface area (Å²) in [6.45, 7) is 5.08. The highest BCUT2D eigenvalue weighted by atomic mass is 79.9. The second-order valence-electron chi connectivity index (χ2n) is 5.15. The van der Waals surface area contributed by atoms with Crippen molar-refractivity contribution in [2.45, 2.75) is 33.2 Å². The van der Waals surface area contributed by atoms with Crippen LogP contribution in [0.25, 0.3) is 0 Å². The van der Waals surface area contributed by atoms with Crippen LogP contribution in [0.15, 0.2) is 34.8 Å². The quantitative estimate of drug-likeness (QED) is 0.692. The third-order valence-electron chi connectivity index (χ3n) is 3.41. The second kappa shape index (κ2) is 7.28. The van der Waals surface area contributed by atoms with E-state index in [0.717, 1.165) is 29.6 Å². The SMILES string of the molecule is CCn1nc(C)cc1CC(CCl)Cc1cccc(Br)c1. The van der Waals surface area contributed by atoms with Crippen LogP contribution in [0.2, 0.25) is 0 Å². The van der Waals surface area contributed by atoms with Gasteiger partial charge in [-0.3, -0.25) is 4.68 Å². The number of nitrogens with zero attached hydrogens (tertiary/aromatic N) is 2. The molecule has 1 unspecified atom stereocenters. The number of aromatic nitrogens is 2. The van der Waals surface area contributed by atoms with E-state index in [2.05, 4.69) is 63.0 Å². The largest absolute Gasteiger partial charge is 0.270 e. The van der Waals surface area contributed by atoms with Gasteiger partial charge in [0.05, 0.1) is 5.69 Å². The van der Waals surface area contributed by atoms with Crippen molar-refractivity contribution in [3.8, 4) is 0 Å². The second-order valence-corrected chi connectivity index (χ2v) is 6.38. The third kappa shape index (κ3) is 4.10. The fourth-order valence-electron chi connectivity index (χ4n) is 2.51. The standard InChI is InChI=1S/C16H20BrClN2/c1-3-20-16(7-12(2)19-20)10-14(11-18)8-13-5-4-6-15(17)9-13/h4-7,9,14H,3,8,10-11H2,1-2H3. The van der Waals surface area contributed by atoms with Gasteiger partial charge in [-0.05, 0) is 56.4 Å². The lowest BCUT2D eigenvalue weighted by molar-refractivity contribution is 0.531. The number of hydrogen-bond acceptors (Lipinski definition) is 1. The van der Waals surface area contributed by atoms with Crippen LogP contribution in [0, 0.1) is 12.8 Å². The smallest absolute Gasteiger partial charge is 0.0596 e. The maximum atomic E-state index is 6.17. The molecule has 0 bridgehead atoms. The van der Waals surface area contributed by atoms with Gasteiger partial charge in [0.2, 0.25) is 0 Å². The molecule has 0 aliphatic carbocycles. The van der Waals surface area contributed by atoms with E-state index >= 15 is 0 Å². The summed E-state index contributed by atoms with van der Waals surface area (Å²) in [6.07, 6.45) is 1.97. The van der Waals surface area contributed by atoms with Crippen LogP contribution < -0.4 is 0 Å². The first kappa shape index (κ1) is 15.6. The molecule has 0 amide bonds. The molecule has 0 spiro atoms. The number of benzene rings is 1. The minimum Gasteiger partial charge on any atom is -0.270 e. The molecule has 0 aliphatic heterocycles. The predicted molar refractivity (Wildman–Crippen MR) is 88.4 cm³/mol. The zero-order valence-electron chi connectivity index (χ0n) is 11.9. The molecule has 2 nitrogen and oxygen atoms in total. The molecular formula is C16H20BrClN2. The van der Waals surface area contributed by atoms with Gasteiger partial charge in [0, 0.05) is 22.6 Å². The van der Waals surface area contributed by atoms with Crippen molar-refractivity contribution in [3.63, 3.8) is 0 Å². The van der Waals surface area contributed by atoms with Crippen molar-refractivity contribution in [2.75, 3.05) is 5.88 Å². The van der Waals surface area contributed by atoms with Crippen molar-refractivity contribution in [1.82, 2.24) is 9.78 Å². The van der Waals surface area contributed by atoms with Gasteiger partial charge in [-0.2, -0.15) is 5.10 Å². The lowest BCUT2D eigenvalue weighted by Crippen LogP contribution is -2.13. The summed E-state index contributed by atoms with van der Waals surface area (Å²) >= 11 is 9.69. The highest BCUT2D eigenvalue weighted by molar-refractivity contribution is 9.10. The molecule has 2 aromatic rings.